The number of thiophene rings is 1. The molecule has 4 aromatic rings. The van der Waals surface area contributed by atoms with Crippen LogP contribution in [0.15, 0.2) is 48.8 Å². The van der Waals surface area contributed by atoms with E-state index >= 15 is 0 Å². The molecule has 4 rings (SSSR count). The van der Waals surface area contributed by atoms with Crippen molar-refractivity contribution in [3.63, 3.8) is 0 Å². The van der Waals surface area contributed by atoms with Crippen molar-refractivity contribution in [1.82, 2.24) is 9.55 Å². The molecule has 0 aliphatic carbocycles. The summed E-state index contributed by atoms with van der Waals surface area (Å²) in [5.41, 5.74) is 1.72. The standard InChI is InChI=1S/C22H16FIN4O2S/c1-3-30-22(29)21-20(27-17-6-4-13(24)10-16(17)23)15-11-26-9-8-18(15)28(21)12-14-5-7-19(25-2)31-14/h4-11,27H,3,12H2,1H3. The first-order valence-electron chi connectivity index (χ1n) is 9.33. The zero-order valence-corrected chi connectivity index (χ0v) is 19.3. The van der Waals surface area contributed by atoms with Crippen LogP contribution in [0.1, 0.15) is 22.3 Å². The summed E-state index contributed by atoms with van der Waals surface area (Å²) in [4.78, 5) is 21.6. The predicted octanol–water partition coefficient (Wildman–Crippen LogP) is 6.36. The topological polar surface area (TPSA) is 60.5 Å². The lowest BCUT2D eigenvalue weighted by atomic mass is 10.2. The number of hydrogen-bond donors (Lipinski definition) is 1. The zero-order valence-electron chi connectivity index (χ0n) is 16.4. The van der Waals surface area contributed by atoms with Gasteiger partial charge in [0.15, 0.2) is 5.69 Å². The number of esters is 1. The molecule has 6 nitrogen and oxygen atoms in total. The van der Waals surface area contributed by atoms with Crippen molar-refractivity contribution >= 4 is 67.2 Å². The average molecular weight is 546 g/mol. The first-order valence-corrected chi connectivity index (χ1v) is 11.2. The van der Waals surface area contributed by atoms with Gasteiger partial charge in [-0.05, 0) is 59.8 Å². The van der Waals surface area contributed by atoms with Crippen molar-refractivity contribution in [3.05, 3.63) is 80.2 Å². The Balaban J connectivity index is 1.90. The molecule has 3 heterocycles. The molecule has 9 heteroatoms. The van der Waals surface area contributed by atoms with Crippen molar-refractivity contribution in [2.24, 2.45) is 0 Å². The fourth-order valence-corrected chi connectivity index (χ4v) is 4.53. The molecule has 0 aliphatic heterocycles. The normalized spacial score (nSPS) is 10.8. The maximum atomic E-state index is 14.6. The number of anilines is 2. The molecule has 3 aromatic heterocycles. The molecule has 0 radical (unpaired) electrons. The van der Waals surface area contributed by atoms with Crippen LogP contribution >= 0.6 is 33.9 Å². The van der Waals surface area contributed by atoms with Crippen molar-refractivity contribution in [2.45, 2.75) is 13.5 Å². The smallest absolute Gasteiger partial charge is 0.357 e. The minimum absolute atomic E-state index is 0.205. The van der Waals surface area contributed by atoms with Crippen LogP contribution in [0.5, 0.6) is 0 Å². The van der Waals surface area contributed by atoms with Crippen LogP contribution in [0, 0.1) is 16.0 Å². The Hall–Kier alpha value is -2.97. The van der Waals surface area contributed by atoms with Crippen LogP contribution in [0.25, 0.3) is 15.7 Å². The number of benzene rings is 1. The van der Waals surface area contributed by atoms with Gasteiger partial charge in [0, 0.05) is 26.2 Å². The van der Waals surface area contributed by atoms with Crippen molar-refractivity contribution in [1.29, 1.82) is 0 Å². The number of fused-ring (bicyclic) bond motifs is 1. The largest absolute Gasteiger partial charge is 0.461 e. The Morgan fingerprint density at radius 2 is 2.19 bits per heavy atom. The van der Waals surface area contributed by atoms with Gasteiger partial charge in [0.25, 0.3) is 0 Å². The van der Waals surface area contributed by atoms with Gasteiger partial charge in [0.05, 0.1) is 36.6 Å². The number of hydrogen-bond acceptors (Lipinski definition) is 5. The molecule has 0 amide bonds. The molecule has 156 valence electrons. The van der Waals surface area contributed by atoms with Crippen molar-refractivity contribution in [3.8, 4) is 0 Å². The van der Waals surface area contributed by atoms with Gasteiger partial charge in [-0.3, -0.25) is 4.98 Å². The van der Waals surface area contributed by atoms with E-state index in [1.54, 1.807) is 43.6 Å². The number of nitrogens with zero attached hydrogens (tertiary/aromatic N) is 3. The van der Waals surface area contributed by atoms with Crippen molar-refractivity contribution in [2.75, 3.05) is 11.9 Å². The summed E-state index contributed by atoms with van der Waals surface area (Å²) < 4.78 is 22.5. The van der Waals surface area contributed by atoms with Crippen LogP contribution in [-0.2, 0) is 11.3 Å². The Bertz CT molecular complexity index is 1330. The van der Waals surface area contributed by atoms with E-state index in [2.05, 4.69) is 15.1 Å². The van der Waals surface area contributed by atoms with Crippen LogP contribution in [-0.4, -0.2) is 22.1 Å². The summed E-state index contributed by atoms with van der Waals surface area (Å²) in [6.07, 6.45) is 3.28. The predicted molar refractivity (Wildman–Crippen MR) is 128 cm³/mol. The molecule has 0 atom stereocenters. The molecule has 0 saturated heterocycles. The summed E-state index contributed by atoms with van der Waals surface area (Å²) in [6.45, 7) is 9.51. The van der Waals surface area contributed by atoms with E-state index in [1.807, 2.05) is 33.2 Å². The molecule has 0 aliphatic rings. The molecular weight excluding hydrogens is 530 g/mol. The third-order valence-electron chi connectivity index (χ3n) is 4.60. The van der Waals surface area contributed by atoms with Crippen molar-refractivity contribution < 1.29 is 13.9 Å². The van der Waals surface area contributed by atoms with Crippen LogP contribution in [0.3, 0.4) is 0 Å². The third-order valence-corrected chi connectivity index (χ3v) is 6.23. The van der Waals surface area contributed by atoms with Gasteiger partial charge in [0.1, 0.15) is 5.82 Å². The maximum absolute atomic E-state index is 14.6. The maximum Gasteiger partial charge on any atom is 0.357 e. The van der Waals surface area contributed by atoms with Gasteiger partial charge >= 0.3 is 5.97 Å². The summed E-state index contributed by atoms with van der Waals surface area (Å²) >= 11 is 3.40. The Labute approximate surface area is 195 Å². The van der Waals surface area contributed by atoms with Crippen LogP contribution in [0.4, 0.5) is 20.8 Å². The lowest BCUT2D eigenvalue weighted by Gasteiger charge is -2.12. The van der Waals surface area contributed by atoms with E-state index < -0.39 is 11.8 Å². The van der Waals surface area contributed by atoms with E-state index in [-0.39, 0.29) is 18.0 Å². The highest BCUT2D eigenvalue weighted by atomic mass is 127. The molecule has 0 spiro atoms. The first-order chi connectivity index (χ1) is 15.0. The number of halogens is 2. The monoisotopic (exact) mass is 546 g/mol. The number of ether oxygens (including phenoxy) is 1. The highest BCUT2D eigenvalue weighted by Gasteiger charge is 2.25. The lowest BCUT2D eigenvalue weighted by Crippen LogP contribution is -2.14. The number of aromatic nitrogens is 2. The zero-order chi connectivity index (χ0) is 22.0. The van der Waals surface area contributed by atoms with Gasteiger partial charge in [-0.2, -0.15) is 11.3 Å². The Morgan fingerprint density at radius 1 is 1.35 bits per heavy atom. The van der Waals surface area contributed by atoms with E-state index in [1.165, 1.54) is 17.4 Å². The minimum atomic E-state index is -0.519. The highest BCUT2D eigenvalue weighted by molar-refractivity contribution is 14.1. The molecular formula is C22H16FIN4O2S. The average Bonchev–Trinajstić information content (AvgIpc) is 3.33. The third kappa shape index (κ3) is 4.26. The van der Waals surface area contributed by atoms with Crippen LogP contribution in [0.2, 0.25) is 0 Å². The van der Waals surface area contributed by atoms with E-state index in [9.17, 15) is 9.18 Å². The molecule has 1 N–H and O–H groups in total. The Kier molecular flexibility index (Phi) is 6.20. The summed E-state index contributed by atoms with van der Waals surface area (Å²) in [5.74, 6) is -0.944. The van der Waals surface area contributed by atoms with E-state index in [0.29, 0.717) is 22.6 Å². The fraction of sp³-hybridized carbons (Fsp3) is 0.136. The summed E-state index contributed by atoms with van der Waals surface area (Å²) in [7, 11) is 0. The molecule has 1 aromatic carbocycles. The second-order valence-electron chi connectivity index (χ2n) is 6.52. The molecule has 0 saturated carbocycles. The second kappa shape index (κ2) is 9.03. The number of nitrogens with one attached hydrogen (secondary N) is 1. The quantitative estimate of drug-likeness (QED) is 0.174. The number of carbonyl (C=O) groups excluding carboxylic acids is 1. The van der Waals surface area contributed by atoms with Gasteiger partial charge in [-0.25, -0.2) is 14.0 Å². The molecule has 0 fully saturated rings. The van der Waals surface area contributed by atoms with E-state index in [0.717, 1.165) is 14.0 Å². The van der Waals surface area contributed by atoms with Gasteiger partial charge in [-0.1, -0.05) is 6.07 Å². The number of pyridine rings is 1. The van der Waals surface area contributed by atoms with Gasteiger partial charge in [-0.15, -0.1) is 0 Å². The summed E-state index contributed by atoms with van der Waals surface area (Å²) in [5, 5.41) is 4.33. The van der Waals surface area contributed by atoms with Gasteiger partial charge in [0.2, 0.25) is 5.00 Å². The first kappa shape index (κ1) is 21.3. The molecule has 0 bridgehead atoms. The summed E-state index contributed by atoms with van der Waals surface area (Å²) in [6, 6.07) is 10.3. The minimum Gasteiger partial charge on any atom is -0.461 e. The lowest BCUT2D eigenvalue weighted by molar-refractivity contribution is 0.0516. The molecule has 0 unspecified atom stereocenters. The fourth-order valence-electron chi connectivity index (χ4n) is 3.29. The molecule has 31 heavy (non-hydrogen) atoms. The Morgan fingerprint density at radius 3 is 2.90 bits per heavy atom. The highest BCUT2D eigenvalue weighted by Crippen LogP contribution is 2.36. The number of rotatable bonds is 6. The number of carbonyl (C=O) groups is 1. The van der Waals surface area contributed by atoms with Crippen LogP contribution < -0.4 is 5.32 Å². The second-order valence-corrected chi connectivity index (χ2v) is 8.92. The SMILES string of the molecule is [C-]#[N+]c1ccc(Cn2c(C(=O)OCC)c(Nc3ccc(I)cc3F)c3cnccc32)s1. The van der Waals surface area contributed by atoms with Gasteiger partial charge < -0.3 is 14.6 Å². The van der Waals surface area contributed by atoms with E-state index in [4.69, 9.17) is 11.3 Å².